The van der Waals surface area contributed by atoms with Crippen LogP contribution in [0.3, 0.4) is 0 Å². The molecule has 1 aromatic rings. The highest BCUT2D eigenvalue weighted by Crippen LogP contribution is 2.28. The predicted molar refractivity (Wildman–Crippen MR) is 90.8 cm³/mol. The third-order valence-corrected chi connectivity index (χ3v) is 3.91. The van der Waals surface area contributed by atoms with Gasteiger partial charge >= 0.3 is 0 Å². The first-order valence-corrected chi connectivity index (χ1v) is 8.13. The molecule has 0 saturated carbocycles. The van der Waals surface area contributed by atoms with Gasteiger partial charge in [0.05, 0.1) is 12.1 Å². The van der Waals surface area contributed by atoms with E-state index in [9.17, 15) is 4.79 Å². The number of anilines is 1. The Hall–Kier alpha value is -1.26. The number of ether oxygens (including phenoxy) is 2. The summed E-state index contributed by atoms with van der Waals surface area (Å²) in [6.45, 7) is 6.37. The van der Waals surface area contributed by atoms with Gasteiger partial charge in [0, 0.05) is 12.3 Å². The molecule has 4 nitrogen and oxygen atoms in total. The van der Waals surface area contributed by atoms with E-state index >= 15 is 0 Å². The molecular weight excluding hydrogens is 302 g/mol. The number of rotatable bonds is 9. The number of benzene rings is 1. The maximum absolute atomic E-state index is 12.6. The van der Waals surface area contributed by atoms with Crippen molar-refractivity contribution in [3.8, 4) is 5.75 Å². The summed E-state index contributed by atoms with van der Waals surface area (Å²) in [5.74, 6) is 0.432. The van der Waals surface area contributed by atoms with Gasteiger partial charge in [-0.15, -0.1) is 0 Å². The van der Waals surface area contributed by atoms with E-state index in [1.54, 1.807) is 25.3 Å². The Labute approximate surface area is 138 Å². The fourth-order valence-electron chi connectivity index (χ4n) is 2.29. The maximum Gasteiger partial charge on any atom is 0.256 e. The fraction of sp³-hybridized carbons (Fsp3) is 0.588. The van der Waals surface area contributed by atoms with Crippen LogP contribution in [-0.4, -0.2) is 25.2 Å². The standard InChI is InChI=1S/C17H26ClNO3/c1-5-7-8-11-17(3,22-6-2)16(20)19-13-9-10-15(21-4)14(18)12-13/h9-10,12H,5-8,11H2,1-4H3,(H,19,20)/t17-/m0/s1. The quantitative estimate of drug-likeness (QED) is 0.671. The monoisotopic (exact) mass is 327 g/mol. The number of hydrogen-bond donors (Lipinski definition) is 1. The Morgan fingerprint density at radius 2 is 2.05 bits per heavy atom. The Kier molecular flexibility index (Phi) is 7.69. The van der Waals surface area contributed by atoms with Gasteiger partial charge in [0.2, 0.25) is 0 Å². The first-order valence-electron chi connectivity index (χ1n) is 7.75. The van der Waals surface area contributed by atoms with Gasteiger partial charge in [-0.2, -0.15) is 0 Å². The van der Waals surface area contributed by atoms with Gasteiger partial charge in [-0.05, 0) is 38.5 Å². The number of halogens is 1. The van der Waals surface area contributed by atoms with E-state index in [-0.39, 0.29) is 5.91 Å². The first kappa shape index (κ1) is 18.8. The molecule has 5 heteroatoms. The molecule has 1 rings (SSSR count). The summed E-state index contributed by atoms with van der Waals surface area (Å²) in [4.78, 5) is 12.6. The van der Waals surface area contributed by atoms with Crippen molar-refractivity contribution < 1.29 is 14.3 Å². The summed E-state index contributed by atoms with van der Waals surface area (Å²) >= 11 is 6.08. The molecule has 0 aliphatic rings. The molecule has 1 aromatic carbocycles. The van der Waals surface area contributed by atoms with Crippen molar-refractivity contribution in [1.82, 2.24) is 0 Å². The zero-order valence-electron chi connectivity index (χ0n) is 13.9. The molecule has 1 amide bonds. The van der Waals surface area contributed by atoms with Crippen LogP contribution < -0.4 is 10.1 Å². The second-order valence-electron chi connectivity index (χ2n) is 5.42. The lowest BCUT2D eigenvalue weighted by Crippen LogP contribution is -2.42. The second kappa shape index (κ2) is 9.01. The van der Waals surface area contributed by atoms with E-state index in [0.29, 0.717) is 29.5 Å². The van der Waals surface area contributed by atoms with Crippen LogP contribution in [-0.2, 0) is 9.53 Å². The van der Waals surface area contributed by atoms with Gasteiger partial charge in [0.1, 0.15) is 11.4 Å². The molecule has 0 spiro atoms. The molecule has 0 heterocycles. The number of nitrogens with one attached hydrogen (secondary N) is 1. The molecule has 124 valence electrons. The Balaban J connectivity index is 2.79. The van der Waals surface area contributed by atoms with E-state index in [1.165, 1.54) is 0 Å². The molecule has 0 fully saturated rings. The van der Waals surface area contributed by atoms with Crippen LogP contribution >= 0.6 is 11.6 Å². The maximum atomic E-state index is 12.6. The Morgan fingerprint density at radius 3 is 2.59 bits per heavy atom. The number of amides is 1. The zero-order valence-corrected chi connectivity index (χ0v) is 14.6. The highest BCUT2D eigenvalue weighted by atomic mass is 35.5. The van der Waals surface area contributed by atoms with Crippen LogP contribution in [0, 0.1) is 0 Å². The van der Waals surface area contributed by atoms with E-state index in [2.05, 4.69) is 12.2 Å². The average Bonchev–Trinajstić information content (AvgIpc) is 2.48. The van der Waals surface area contributed by atoms with Crippen molar-refractivity contribution >= 4 is 23.2 Å². The minimum Gasteiger partial charge on any atom is -0.495 e. The van der Waals surface area contributed by atoms with Crippen LogP contribution in [0.15, 0.2) is 18.2 Å². The van der Waals surface area contributed by atoms with Gasteiger partial charge in [-0.25, -0.2) is 0 Å². The number of hydrogen-bond acceptors (Lipinski definition) is 3. The van der Waals surface area contributed by atoms with Crippen molar-refractivity contribution in [1.29, 1.82) is 0 Å². The van der Waals surface area contributed by atoms with Crippen LogP contribution in [0.25, 0.3) is 0 Å². The molecule has 22 heavy (non-hydrogen) atoms. The van der Waals surface area contributed by atoms with E-state index in [1.807, 2.05) is 13.8 Å². The van der Waals surface area contributed by atoms with Crippen LogP contribution in [0.2, 0.25) is 5.02 Å². The Bertz CT molecular complexity index is 493. The smallest absolute Gasteiger partial charge is 0.256 e. The zero-order chi connectivity index (χ0) is 16.6. The van der Waals surface area contributed by atoms with Crippen molar-refractivity contribution in [3.63, 3.8) is 0 Å². The SMILES string of the molecule is CCCCC[C@](C)(OCC)C(=O)Nc1ccc(OC)c(Cl)c1. The molecule has 0 radical (unpaired) electrons. The highest BCUT2D eigenvalue weighted by molar-refractivity contribution is 6.32. The average molecular weight is 328 g/mol. The van der Waals surface area contributed by atoms with Gasteiger partial charge < -0.3 is 14.8 Å². The van der Waals surface area contributed by atoms with Gasteiger partial charge in [-0.3, -0.25) is 4.79 Å². The summed E-state index contributed by atoms with van der Waals surface area (Å²) in [6.07, 6.45) is 3.86. The van der Waals surface area contributed by atoms with Gasteiger partial charge in [0.15, 0.2) is 0 Å². The second-order valence-corrected chi connectivity index (χ2v) is 5.83. The Morgan fingerprint density at radius 1 is 1.32 bits per heavy atom. The van der Waals surface area contributed by atoms with E-state index in [4.69, 9.17) is 21.1 Å². The summed E-state index contributed by atoms with van der Waals surface area (Å²) in [5, 5.41) is 3.34. The highest BCUT2D eigenvalue weighted by Gasteiger charge is 2.33. The van der Waals surface area contributed by atoms with E-state index in [0.717, 1.165) is 19.3 Å². The fourth-order valence-corrected chi connectivity index (χ4v) is 2.55. The molecule has 0 saturated heterocycles. The molecule has 0 unspecified atom stereocenters. The number of unbranched alkanes of at least 4 members (excludes halogenated alkanes) is 2. The van der Waals surface area contributed by atoms with Crippen molar-refractivity contribution in [2.45, 2.75) is 52.1 Å². The minimum atomic E-state index is -0.823. The van der Waals surface area contributed by atoms with Gasteiger partial charge in [0.25, 0.3) is 5.91 Å². The molecule has 0 bridgehead atoms. The molecule has 0 aromatic heterocycles. The lowest BCUT2D eigenvalue weighted by Gasteiger charge is -2.28. The van der Waals surface area contributed by atoms with Crippen LogP contribution in [0.4, 0.5) is 5.69 Å². The minimum absolute atomic E-state index is 0.147. The molecule has 1 atom stereocenters. The summed E-state index contributed by atoms with van der Waals surface area (Å²) in [7, 11) is 1.55. The largest absolute Gasteiger partial charge is 0.495 e. The molecular formula is C17H26ClNO3. The van der Waals surface area contributed by atoms with E-state index < -0.39 is 5.60 Å². The molecule has 0 aliphatic heterocycles. The molecule has 1 N–H and O–H groups in total. The summed E-state index contributed by atoms with van der Waals surface area (Å²) in [6, 6.07) is 5.17. The van der Waals surface area contributed by atoms with Crippen molar-refractivity contribution in [2.24, 2.45) is 0 Å². The lowest BCUT2D eigenvalue weighted by molar-refractivity contribution is -0.139. The predicted octanol–water partition coefficient (Wildman–Crippen LogP) is 4.66. The van der Waals surface area contributed by atoms with Gasteiger partial charge in [-0.1, -0.05) is 37.8 Å². The first-order chi connectivity index (χ1) is 10.5. The number of carbonyl (C=O) groups excluding carboxylic acids is 1. The van der Waals surface area contributed by atoms with Crippen molar-refractivity contribution in [3.05, 3.63) is 23.2 Å². The summed E-state index contributed by atoms with van der Waals surface area (Å²) < 4.78 is 10.8. The number of carbonyl (C=O) groups is 1. The third kappa shape index (κ3) is 5.18. The normalized spacial score (nSPS) is 13.5. The third-order valence-electron chi connectivity index (χ3n) is 3.61. The number of methoxy groups -OCH3 is 1. The topological polar surface area (TPSA) is 47.6 Å². The molecule has 0 aliphatic carbocycles. The lowest BCUT2D eigenvalue weighted by atomic mass is 9.96. The van der Waals surface area contributed by atoms with Crippen molar-refractivity contribution in [2.75, 3.05) is 19.0 Å². The van der Waals surface area contributed by atoms with Crippen LogP contribution in [0.5, 0.6) is 5.75 Å². The summed E-state index contributed by atoms with van der Waals surface area (Å²) in [5.41, 5.74) is -0.187. The van der Waals surface area contributed by atoms with Crippen LogP contribution in [0.1, 0.15) is 46.5 Å².